The summed E-state index contributed by atoms with van der Waals surface area (Å²) < 4.78 is 13.8. The van der Waals surface area contributed by atoms with Gasteiger partial charge in [0.1, 0.15) is 5.82 Å². The fourth-order valence-electron chi connectivity index (χ4n) is 2.49. The maximum absolute atomic E-state index is 13.8. The van der Waals surface area contributed by atoms with Gasteiger partial charge in [-0.2, -0.15) is 0 Å². The van der Waals surface area contributed by atoms with Crippen molar-refractivity contribution >= 4 is 0 Å². The van der Waals surface area contributed by atoms with Gasteiger partial charge in [-0.15, -0.1) is 0 Å². The van der Waals surface area contributed by atoms with Gasteiger partial charge >= 0.3 is 0 Å². The number of nitrogens with one attached hydrogen (secondary N) is 1. The zero-order valence-electron chi connectivity index (χ0n) is 12.9. The third-order valence-electron chi connectivity index (χ3n) is 3.80. The van der Waals surface area contributed by atoms with Crippen molar-refractivity contribution in [2.75, 3.05) is 6.54 Å². The highest BCUT2D eigenvalue weighted by molar-refractivity contribution is 5.26. The second kappa shape index (κ2) is 7.94. The molecule has 2 heteroatoms. The van der Waals surface area contributed by atoms with E-state index in [4.69, 9.17) is 0 Å². The number of aryl methyl sites for hydroxylation is 2. The molecular formula is C19H24FN. The minimum Gasteiger partial charge on any atom is -0.310 e. The average molecular weight is 285 g/mol. The molecule has 0 aliphatic carbocycles. The second-order valence-electron chi connectivity index (χ2n) is 5.54. The summed E-state index contributed by atoms with van der Waals surface area (Å²) in [6.07, 6.45) is 3.06. The molecule has 0 saturated heterocycles. The molecule has 2 aromatic rings. The molecule has 0 spiro atoms. The first kappa shape index (κ1) is 15.7. The monoisotopic (exact) mass is 285 g/mol. The summed E-state index contributed by atoms with van der Waals surface area (Å²) in [6.45, 7) is 4.91. The Balaban J connectivity index is 2.08. The molecule has 0 radical (unpaired) electrons. The summed E-state index contributed by atoms with van der Waals surface area (Å²) in [5.74, 6) is -0.115. The molecule has 0 heterocycles. The SMILES string of the molecule is CCCNC(CCc1ccccc1)c1ccc(C)c(F)c1. The maximum Gasteiger partial charge on any atom is 0.126 e. The zero-order chi connectivity index (χ0) is 15.1. The lowest BCUT2D eigenvalue weighted by Crippen LogP contribution is -2.23. The van der Waals surface area contributed by atoms with Gasteiger partial charge in [0.05, 0.1) is 0 Å². The van der Waals surface area contributed by atoms with Crippen molar-refractivity contribution in [3.05, 3.63) is 71.0 Å². The van der Waals surface area contributed by atoms with E-state index in [1.54, 1.807) is 13.0 Å². The summed E-state index contributed by atoms with van der Waals surface area (Å²) in [5, 5.41) is 3.54. The predicted molar refractivity (Wildman–Crippen MR) is 86.9 cm³/mol. The van der Waals surface area contributed by atoms with Crippen LogP contribution in [0.15, 0.2) is 48.5 Å². The van der Waals surface area contributed by atoms with Crippen LogP contribution in [0.5, 0.6) is 0 Å². The van der Waals surface area contributed by atoms with E-state index in [0.29, 0.717) is 5.56 Å². The summed E-state index contributed by atoms with van der Waals surface area (Å²) >= 11 is 0. The fourth-order valence-corrected chi connectivity index (χ4v) is 2.49. The zero-order valence-corrected chi connectivity index (χ0v) is 12.9. The van der Waals surface area contributed by atoms with Crippen LogP contribution in [0.3, 0.4) is 0 Å². The Morgan fingerprint density at radius 1 is 1.10 bits per heavy atom. The van der Waals surface area contributed by atoms with Gasteiger partial charge in [0.2, 0.25) is 0 Å². The van der Waals surface area contributed by atoms with Crippen molar-refractivity contribution < 1.29 is 4.39 Å². The molecule has 1 N–H and O–H groups in total. The third kappa shape index (κ3) is 4.68. The number of hydrogen-bond donors (Lipinski definition) is 1. The third-order valence-corrected chi connectivity index (χ3v) is 3.80. The molecule has 0 aliphatic rings. The van der Waals surface area contributed by atoms with Gasteiger partial charge in [0.15, 0.2) is 0 Å². The van der Waals surface area contributed by atoms with Crippen molar-refractivity contribution in [3.8, 4) is 0 Å². The van der Waals surface area contributed by atoms with Gasteiger partial charge in [-0.05, 0) is 55.5 Å². The van der Waals surface area contributed by atoms with Crippen molar-refractivity contribution in [1.82, 2.24) is 5.32 Å². The lowest BCUT2D eigenvalue weighted by atomic mass is 9.98. The largest absolute Gasteiger partial charge is 0.310 e. The number of halogens is 1. The maximum atomic E-state index is 13.8. The minimum absolute atomic E-state index is 0.115. The molecule has 0 amide bonds. The summed E-state index contributed by atoms with van der Waals surface area (Å²) in [6, 6.07) is 16.2. The summed E-state index contributed by atoms with van der Waals surface area (Å²) in [7, 11) is 0. The lowest BCUT2D eigenvalue weighted by molar-refractivity contribution is 0.495. The van der Waals surface area contributed by atoms with Crippen LogP contribution in [-0.2, 0) is 6.42 Å². The van der Waals surface area contributed by atoms with E-state index in [1.165, 1.54) is 5.56 Å². The van der Waals surface area contributed by atoms with Crippen LogP contribution in [0.1, 0.15) is 42.5 Å². The molecule has 2 aromatic carbocycles. The van der Waals surface area contributed by atoms with Crippen molar-refractivity contribution in [2.24, 2.45) is 0 Å². The van der Waals surface area contributed by atoms with Gasteiger partial charge in [0.25, 0.3) is 0 Å². The molecule has 2 rings (SSSR count). The predicted octanol–water partition coefficient (Wildman–Crippen LogP) is 4.81. The summed E-state index contributed by atoms with van der Waals surface area (Å²) in [4.78, 5) is 0. The first-order valence-corrected chi connectivity index (χ1v) is 7.74. The molecule has 21 heavy (non-hydrogen) atoms. The Hall–Kier alpha value is -1.67. The van der Waals surface area contributed by atoms with Gasteiger partial charge in [-0.25, -0.2) is 4.39 Å². The lowest BCUT2D eigenvalue weighted by Gasteiger charge is -2.19. The van der Waals surface area contributed by atoms with E-state index in [9.17, 15) is 4.39 Å². The van der Waals surface area contributed by atoms with Gasteiger partial charge in [-0.1, -0.05) is 49.4 Å². The first-order chi connectivity index (χ1) is 10.2. The highest BCUT2D eigenvalue weighted by Gasteiger charge is 2.12. The molecule has 0 saturated carbocycles. The standard InChI is InChI=1S/C19H24FN/c1-3-13-21-19(12-10-16-7-5-4-6-8-16)17-11-9-15(2)18(20)14-17/h4-9,11,14,19,21H,3,10,12-13H2,1-2H3. The van der Waals surface area contributed by atoms with Crippen LogP contribution in [0.2, 0.25) is 0 Å². The Labute approximate surface area is 127 Å². The molecule has 0 fully saturated rings. The number of rotatable bonds is 7. The van der Waals surface area contributed by atoms with Gasteiger partial charge in [0, 0.05) is 6.04 Å². The van der Waals surface area contributed by atoms with E-state index in [1.807, 2.05) is 18.2 Å². The van der Waals surface area contributed by atoms with E-state index >= 15 is 0 Å². The molecule has 112 valence electrons. The molecule has 1 unspecified atom stereocenters. The topological polar surface area (TPSA) is 12.0 Å². The van der Waals surface area contributed by atoms with Crippen LogP contribution in [-0.4, -0.2) is 6.54 Å². The van der Waals surface area contributed by atoms with E-state index in [2.05, 4.69) is 36.5 Å². The van der Waals surface area contributed by atoms with Crippen molar-refractivity contribution in [1.29, 1.82) is 0 Å². The average Bonchev–Trinajstić information content (AvgIpc) is 2.51. The van der Waals surface area contributed by atoms with E-state index in [-0.39, 0.29) is 11.9 Å². The molecule has 0 bridgehead atoms. The minimum atomic E-state index is -0.115. The molecule has 1 nitrogen and oxygen atoms in total. The number of benzene rings is 2. The fraction of sp³-hybridized carbons (Fsp3) is 0.368. The quantitative estimate of drug-likeness (QED) is 0.770. The molecule has 0 aromatic heterocycles. The normalized spacial score (nSPS) is 12.3. The van der Waals surface area contributed by atoms with Crippen LogP contribution < -0.4 is 5.32 Å². The van der Waals surface area contributed by atoms with Gasteiger partial charge < -0.3 is 5.32 Å². The highest BCUT2D eigenvalue weighted by atomic mass is 19.1. The van der Waals surface area contributed by atoms with Crippen molar-refractivity contribution in [3.63, 3.8) is 0 Å². The smallest absolute Gasteiger partial charge is 0.126 e. The Morgan fingerprint density at radius 2 is 1.86 bits per heavy atom. The molecular weight excluding hydrogens is 261 g/mol. The van der Waals surface area contributed by atoms with E-state index in [0.717, 1.165) is 31.4 Å². The Morgan fingerprint density at radius 3 is 2.52 bits per heavy atom. The first-order valence-electron chi connectivity index (χ1n) is 7.74. The number of hydrogen-bond acceptors (Lipinski definition) is 1. The van der Waals surface area contributed by atoms with Crippen LogP contribution in [0.25, 0.3) is 0 Å². The molecule has 1 atom stereocenters. The van der Waals surface area contributed by atoms with Crippen LogP contribution in [0.4, 0.5) is 4.39 Å². The summed E-state index contributed by atoms with van der Waals surface area (Å²) in [5.41, 5.74) is 3.08. The molecule has 0 aliphatic heterocycles. The van der Waals surface area contributed by atoms with Gasteiger partial charge in [-0.3, -0.25) is 0 Å². The van der Waals surface area contributed by atoms with E-state index < -0.39 is 0 Å². The van der Waals surface area contributed by atoms with Crippen molar-refractivity contribution in [2.45, 2.75) is 39.2 Å². The highest BCUT2D eigenvalue weighted by Crippen LogP contribution is 2.21. The van der Waals surface area contributed by atoms with Crippen LogP contribution >= 0.6 is 0 Å². The second-order valence-corrected chi connectivity index (χ2v) is 5.54. The van der Waals surface area contributed by atoms with Crippen LogP contribution in [0, 0.1) is 12.7 Å². The Bertz CT molecular complexity index is 551. The Kier molecular flexibility index (Phi) is 5.94.